The van der Waals surface area contributed by atoms with E-state index < -0.39 is 0 Å². The van der Waals surface area contributed by atoms with Gasteiger partial charge in [-0.2, -0.15) is 5.26 Å². The number of aryl methyl sites for hydroxylation is 1. The smallest absolute Gasteiger partial charge is 0.295 e. The van der Waals surface area contributed by atoms with E-state index in [0.29, 0.717) is 23.7 Å². The van der Waals surface area contributed by atoms with Gasteiger partial charge in [-0.05, 0) is 30.7 Å². The molecule has 0 spiro atoms. The van der Waals surface area contributed by atoms with E-state index in [1.807, 2.05) is 18.2 Å². The average molecular weight is 396 g/mol. The Labute approximate surface area is 166 Å². The summed E-state index contributed by atoms with van der Waals surface area (Å²) in [4.78, 5) is 16.6. The standard InChI is InChI=1S/C20H18ClN5O2/c1-3-11-10-28-18-17(25-11)13-8-12(4-5-16(13)26(2)20(18)27)24-15-6-7-23-19(21)14(15)9-22/h4-8,11,25H,3,10H2,1-2H3,(H,23,24). The number of hydrogen-bond acceptors (Lipinski definition) is 6. The van der Waals surface area contributed by atoms with Crippen LogP contribution < -0.4 is 20.9 Å². The number of aromatic nitrogens is 2. The summed E-state index contributed by atoms with van der Waals surface area (Å²) in [7, 11) is 1.73. The van der Waals surface area contributed by atoms with E-state index in [1.54, 1.807) is 23.9 Å². The number of hydrogen-bond donors (Lipinski definition) is 2. The Balaban J connectivity index is 1.86. The van der Waals surface area contributed by atoms with Crippen molar-refractivity contribution in [3.05, 3.63) is 51.5 Å². The lowest BCUT2D eigenvalue weighted by Crippen LogP contribution is -2.35. The maximum Gasteiger partial charge on any atom is 0.295 e. The highest BCUT2D eigenvalue weighted by molar-refractivity contribution is 6.31. The Morgan fingerprint density at radius 1 is 1.46 bits per heavy atom. The zero-order valence-electron chi connectivity index (χ0n) is 15.4. The first-order valence-electron chi connectivity index (χ1n) is 8.91. The van der Waals surface area contributed by atoms with Crippen LogP contribution >= 0.6 is 11.6 Å². The van der Waals surface area contributed by atoms with Crippen LogP contribution in [0.3, 0.4) is 0 Å². The van der Waals surface area contributed by atoms with Gasteiger partial charge in [0, 0.05) is 24.3 Å². The zero-order valence-corrected chi connectivity index (χ0v) is 16.2. The molecule has 1 aliphatic heterocycles. The summed E-state index contributed by atoms with van der Waals surface area (Å²) in [5.41, 5.74) is 2.92. The van der Waals surface area contributed by atoms with E-state index in [9.17, 15) is 10.1 Å². The Bertz CT molecular complexity index is 1180. The average Bonchev–Trinajstić information content (AvgIpc) is 2.71. The fourth-order valence-corrected chi connectivity index (χ4v) is 3.53. The van der Waals surface area contributed by atoms with Gasteiger partial charge in [-0.1, -0.05) is 18.5 Å². The first-order valence-corrected chi connectivity index (χ1v) is 9.29. The summed E-state index contributed by atoms with van der Waals surface area (Å²) in [5, 5.41) is 17.0. The lowest BCUT2D eigenvalue weighted by molar-refractivity contribution is 0.277. The molecule has 3 aromatic rings. The van der Waals surface area contributed by atoms with Gasteiger partial charge < -0.3 is 19.9 Å². The summed E-state index contributed by atoms with van der Waals surface area (Å²) in [5.74, 6) is 0.335. The molecule has 3 heterocycles. The third-order valence-electron chi connectivity index (χ3n) is 4.92. The minimum Gasteiger partial charge on any atom is -0.484 e. The molecule has 0 radical (unpaired) electrons. The van der Waals surface area contributed by atoms with Crippen molar-refractivity contribution in [3.63, 3.8) is 0 Å². The molecule has 1 aromatic carbocycles. The highest BCUT2D eigenvalue weighted by atomic mass is 35.5. The van der Waals surface area contributed by atoms with Crippen LogP contribution in [0.15, 0.2) is 35.3 Å². The molecule has 4 rings (SSSR count). The summed E-state index contributed by atoms with van der Waals surface area (Å²) >= 11 is 6.02. The molecule has 1 aliphatic rings. The Kier molecular flexibility index (Phi) is 4.57. The minimum atomic E-state index is -0.169. The van der Waals surface area contributed by atoms with Crippen molar-refractivity contribution < 1.29 is 4.74 Å². The van der Waals surface area contributed by atoms with Crippen LogP contribution in [0.1, 0.15) is 18.9 Å². The molecule has 1 atom stereocenters. The second-order valence-corrected chi connectivity index (χ2v) is 6.98. The summed E-state index contributed by atoms with van der Waals surface area (Å²) in [6.45, 7) is 2.53. The number of nitrogens with one attached hydrogen (secondary N) is 2. The fourth-order valence-electron chi connectivity index (χ4n) is 3.33. The van der Waals surface area contributed by atoms with Crippen molar-refractivity contribution >= 4 is 39.6 Å². The largest absolute Gasteiger partial charge is 0.484 e. The summed E-state index contributed by atoms with van der Waals surface area (Å²) in [6.07, 6.45) is 2.43. The predicted molar refractivity (Wildman–Crippen MR) is 110 cm³/mol. The van der Waals surface area contributed by atoms with Crippen molar-refractivity contribution in [2.45, 2.75) is 19.4 Å². The molecule has 0 saturated carbocycles. The molecule has 8 heteroatoms. The van der Waals surface area contributed by atoms with Crippen LogP contribution in [-0.4, -0.2) is 22.2 Å². The van der Waals surface area contributed by atoms with Crippen LogP contribution in [-0.2, 0) is 7.05 Å². The predicted octanol–water partition coefficient (Wildman–Crippen LogP) is 3.79. The molecular formula is C20H18ClN5O2. The molecule has 7 nitrogen and oxygen atoms in total. The lowest BCUT2D eigenvalue weighted by atomic mass is 10.1. The van der Waals surface area contributed by atoms with E-state index >= 15 is 0 Å². The molecule has 0 bridgehead atoms. The highest BCUT2D eigenvalue weighted by Crippen LogP contribution is 2.36. The maximum absolute atomic E-state index is 12.6. The van der Waals surface area contributed by atoms with Gasteiger partial charge >= 0.3 is 0 Å². The molecule has 28 heavy (non-hydrogen) atoms. The number of ether oxygens (including phenoxy) is 1. The van der Waals surface area contributed by atoms with Gasteiger partial charge in [-0.3, -0.25) is 4.79 Å². The normalized spacial score (nSPS) is 15.3. The summed E-state index contributed by atoms with van der Waals surface area (Å²) in [6, 6.07) is 9.55. The number of fused-ring (bicyclic) bond motifs is 3. The third-order valence-corrected chi connectivity index (χ3v) is 5.21. The Hall–Kier alpha value is -3.24. The monoisotopic (exact) mass is 395 g/mol. The molecule has 0 amide bonds. The van der Waals surface area contributed by atoms with E-state index in [-0.39, 0.29) is 22.3 Å². The second-order valence-electron chi connectivity index (χ2n) is 6.62. The van der Waals surface area contributed by atoms with Gasteiger partial charge in [-0.25, -0.2) is 4.98 Å². The van der Waals surface area contributed by atoms with E-state index in [2.05, 4.69) is 28.6 Å². The number of benzene rings is 1. The number of anilines is 3. The van der Waals surface area contributed by atoms with Crippen LogP contribution in [0, 0.1) is 11.3 Å². The molecule has 2 N–H and O–H groups in total. The van der Waals surface area contributed by atoms with Crippen molar-refractivity contribution in [1.82, 2.24) is 9.55 Å². The molecule has 0 fully saturated rings. The molecule has 142 valence electrons. The van der Waals surface area contributed by atoms with Gasteiger partial charge in [0.15, 0.2) is 0 Å². The molecule has 0 aliphatic carbocycles. The highest BCUT2D eigenvalue weighted by Gasteiger charge is 2.24. The molecule has 2 aromatic heterocycles. The SMILES string of the molecule is CCC1COc2c(c3cc(Nc4ccnc(Cl)c4C#N)ccc3n(C)c2=O)N1. The van der Waals surface area contributed by atoms with Gasteiger partial charge in [-0.15, -0.1) is 0 Å². The molecule has 1 unspecified atom stereocenters. The topological polar surface area (TPSA) is 92.0 Å². The minimum absolute atomic E-state index is 0.142. The number of rotatable bonds is 3. The third kappa shape index (κ3) is 2.92. The van der Waals surface area contributed by atoms with E-state index in [1.165, 1.54) is 0 Å². The van der Waals surface area contributed by atoms with E-state index in [4.69, 9.17) is 16.3 Å². The van der Waals surface area contributed by atoms with Crippen molar-refractivity contribution in [2.24, 2.45) is 7.05 Å². The van der Waals surface area contributed by atoms with Crippen molar-refractivity contribution in [2.75, 3.05) is 17.2 Å². The molecule has 0 saturated heterocycles. The molecular weight excluding hydrogens is 378 g/mol. The van der Waals surface area contributed by atoms with Gasteiger partial charge in [0.25, 0.3) is 5.56 Å². The number of nitriles is 1. The van der Waals surface area contributed by atoms with Crippen LogP contribution in [0.5, 0.6) is 5.75 Å². The number of nitrogens with zero attached hydrogens (tertiary/aromatic N) is 3. The first-order chi connectivity index (χ1) is 13.5. The van der Waals surface area contributed by atoms with Crippen LogP contribution in [0.4, 0.5) is 17.1 Å². The Morgan fingerprint density at radius 2 is 2.29 bits per heavy atom. The van der Waals surface area contributed by atoms with Crippen LogP contribution in [0.2, 0.25) is 5.15 Å². The first kappa shape index (κ1) is 18.1. The maximum atomic E-state index is 12.6. The van der Waals surface area contributed by atoms with Crippen molar-refractivity contribution in [3.8, 4) is 11.8 Å². The summed E-state index contributed by atoms with van der Waals surface area (Å²) < 4.78 is 7.35. The van der Waals surface area contributed by atoms with Gasteiger partial charge in [0.05, 0.1) is 22.9 Å². The van der Waals surface area contributed by atoms with Crippen LogP contribution in [0.25, 0.3) is 10.9 Å². The number of halogens is 1. The quantitative estimate of drug-likeness (QED) is 0.655. The van der Waals surface area contributed by atoms with E-state index in [0.717, 1.165) is 23.0 Å². The number of pyridine rings is 2. The van der Waals surface area contributed by atoms with Gasteiger partial charge in [0.1, 0.15) is 23.4 Å². The fraction of sp³-hybridized carbons (Fsp3) is 0.250. The van der Waals surface area contributed by atoms with Crippen molar-refractivity contribution in [1.29, 1.82) is 5.26 Å². The second kappa shape index (κ2) is 7.06. The zero-order chi connectivity index (χ0) is 19.8. The lowest BCUT2D eigenvalue weighted by Gasteiger charge is -2.28. The van der Waals surface area contributed by atoms with Gasteiger partial charge in [0.2, 0.25) is 5.75 Å². The Morgan fingerprint density at radius 3 is 3.04 bits per heavy atom.